The lowest BCUT2D eigenvalue weighted by molar-refractivity contribution is 0.361. The van der Waals surface area contributed by atoms with E-state index in [1.165, 1.54) is 5.56 Å². The number of aromatic nitrogens is 2. The summed E-state index contributed by atoms with van der Waals surface area (Å²) >= 11 is 0. The summed E-state index contributed by atoms with van der Waals surface area (Å²) in [6.07, 6.45) is 3.60. The van der Waals surface area contributed by atoms with Crippen LogP contribution in [0.3, 0.4) is 0 Å². The fraction of sp³-hybridized carbons (Fsp3) is 0.409. The molecule has 0 aliphatic carbocycles. The Balaban J connectivity index is 2.65. The predicted molar refractivity (Wildman–Crippen MR) is 117 cm³/mol. The molecule has 2 aromatic rings. The highest BCUT2D eigenvalue weighted by atomic mass is 15.4. The molecule has 0 aliphatic rings. The lowest BCUT2D eigenvalue weighted by Crippen LogP contribution is -2.25. The molecule has 0 radical (unpaired) electrons. The van der Waals surface area contributed by atoms with E-state index in [2.05, 4.69) is 57.6 Å². The summed E-state index contributed by atoms with van der Waals surface area (Å²) in [4.78, 5) is 4.17. The van der Waals surface area contributed by atoms with Crippen molar-refractivity contribution >= 4 is 35.6 Å². The molecule has 0 fully saturated rings. The number of hydrogen-bond acceptors (Lipinski definition) is 4. The van der Waals surface area contributed by atoms with Crippen LogP contribution < -0.4 is 5.73 Å². The van der Waals surface area contributed by atoms with Gasteiger partial charge in [-0.25, -0.2) is 4.68 Å². The normalized spacial score (nSPS) is 12.3. The molecule has 144 valence electrons. The molecule has 0 spiro atoms. The van der Waals surface area contributed by atoms with Crippen molar-refractivity contribution in [3.63, 3.8) is 0 Å². The van der Waals surface area contributed by atoms with E-state index in [1.54, 1.807) is 0 Å². The largest absolute Gasteiger partial charge is 0.383 e. The highest BCUT2D eigenvalue weighted by molar-refractivity contribution is 6.06. The lowest BCUT2D eigenvalue weighted by Gasteiger charge is -2.20. The summed E-state index contributed by atoms with van der Waals surface area (Å²) in [6.45, 7) is 16.0. The zero-order valence-electron chi connectivity index (χ0n) is 17.3. The maximum atomic E-state index is 8.39. The number of aliphatic imine (C=N–C) groups is 1. The topological polar surface area (TPSA) is 80.1 Å². The summed E-state index contributed by atoms with van der Waals surface area (Å²) in [5.41, 5.74) is 12.1. The number of nitrogens with two attached hydrogens (primary N) is 1. The van der Waals surface area contributed by atoms with Crippen LogP contribution in [0.4, 0.5) is 11.5 Å². The second kappa shape index (κ2) is 7.91. The molecule has 0 unspecified atom stereocenters. The highest BCUT2D eigenvalue weighted by Gasteiger charge is 2.25. The third kappa shape index (κ3) is 4.18. The third-order valence-electron chi connectivity index (χ3n) is 4.63. The van der Waals surface area contributed by atoms with E-state index >= 15 is 0 Å². The van der Waals surface area contributed by atoms with E-state index in [-0.39, 0.29) is 5.54 Å². The van der Waals surface area contributed by atoms with Crippen molar-refractivity contribution in [2.45, 2.75) is 59.9 Å². The molecular weight excluding hydrogens is 334 g/mol. The minimum atomic E-state index is -0.262. The van der Waals surface area contributed by atoms with E-state index in [0.717, 1.165) is 34.5 Å². The molecule has 0 saturated carbocycles. The van der Waals surface area contributed by atoms with Gasteiger partial charge < -0.3 is 11.1 Å². The maximum absolute atomic E-state index is 8.39. The van der Waals surface area contributed by atoms with E-state index < -0.39 is 0 Å². The Kier molecular flexibility index (Phi) is 6.04. The van der Waals surface area contributed by atoms with Crippen LogP contribution in [-0.4, -0.2) is 22.2 Å². The summed E-state index contributed by atoms with van der Waals surface area (Å²) < 4.78 is 1.81. The van der Waals surface area contributed by atoms with Crippen molar-refractivity contribution in [1.29, 1.82) is 5.41 Å². The van der Waals surface area contributed by atoms with Gasteiger partial charge >= 0.3 is 0 Å². The molecule has 2 rings (SSSR count). The van der Waals surface area contributed by atoms with Crippen LogP contribution >= 0.6 is 0 Å². The first kappa shape index (κ1) is 20.6. The molecule has 0 saturated heterocycles. The Bertz CT molecular complexity index is 894. The van der Waals surface area contributed by atoms with Gasteiger partial charge in [-0.2, -0.15) is 5.10 Å². The molecule has 27 heavy (non-hydrogen) atoms. The van der Waals surface area contributed by atoms with Gasteiger partial charge in [0.2, 0.25) is 0 Å². The zero-order chi connectivity index (χ0) is 20.4. The summed E-state index contributed by atoms with van der Waals surface area (Å²) in [5.74, 6) is 0.542. The zero-order valence-corrected chi connectivity index (χ0v) is 17.3. The number of rotatable bonds is 6. The first-order chi connectivity index (χ1) is 12.6. The van der Waals surface area contributed by atoms with Crippen LogP contribution in [0.5, 0.6) is 0 Å². The minimum Gasteiger partial charge on any atom is -0.383 e. The van der Waals surface area contributed by atoms with Gasteiger partial charge in [0.25, 0.3) is 0 Å². The maximum Gasteiger partial charge on any atom is 0.132 e. The Hall–Kier alpha value is -2.69. The van der Waals surface area contributed by atoms with Crippen LogP contribution in [-0.2, 0) is 12.0 Å². The van der Waals surface area contributed by atoms with Gasteiger partial charge in [-0.1, -0.05) is 26.0 Å². The Morgan fingerprint density at radius 2 is 2.00 bits per heavy atom. The van der Waals surface area contributed by atoms with E-state index in [1.807, 2.05) is 24.6 Å². The molecule has 5 heteroatoms. The number of allylic oxidation sites excluding steroid dienone is 1. The van der Waals surface area contributed by atoms with Crippen LogP contribution in [0, 0.1) is 5.41 Å². The monoisotopic (exact) mass is 365 g/mol. The van der Waals surface area contributed by atoms with Crippen molar-refractivity contribution in [2.75, 3.05) is 5.73 Å². The Morgan fingerprint density at radius 3 is 2.52 bits per heavy atom. The van der Waals surface area contributed by atoms with E-state index in [9.17, 15) is 0 Å². The van der Waals surface area contributed by atoms with E-state index in [4.69, 9.17) is 16.2 Å². The molecule has 0 atom stereocenters. The highest BCUT2D eigenvalue weighted by Crippen LogP contribution is 2.32. The van der Waals surface area contributed by atoms with Gasteiger partial charge in [-0.15, -0.1) is 0 Å². The smallest absolute Gasteiger partial charge is 0.132 e. The van der Waals surface area contributed by atoms with Crippen molar-refractivity contribution in [3.8, 4) is 0 Å². The Labute approximate surface area is 162 Å². The number of nitrogens with one attached hydrogen (secondary N) is 1. The second-order valence-electron chi connectivity index (χ2n) is 7.76. The van der Waals surface area contributed by atoms with Gasteiger partial charge in [0.1, 0.15) is 5.82 Å². The fourth-order valence-electron chi connectivity index (χ4n) is 3.06. The van der Waals surface area contributed by atoms with Crippen molar-refractivity contribution in [1.82, 2.24) is 9.78 Å². The summed E-state index contributed by atoms with van der Waals surface area (Å²) in [6, 6.07) is 6.22. The standard InChI is InChI=1S/C22H31N5/c1-8-15-10-11-16(18(13-15)25-7)12-14(3)20-19(17(23)9-2)21(24)27(26-20)22(4,5)6/h10-13,23H,7-9,24H2,1-6H3/b14-12+,23-17?. The van der Waals surface area contributed by atoms with Crippen molar-refractivity contribution in [3.05, 3.63) is 40.6 Å². The van der Waals surface area contributed by atoms with Crippen LogP contribution in [0.2, 0.25) is 0 Å². The molecule has 1 heterocycles. The number of hydrogen-bond donors (Lipinski definition) is 2. The number of benzene rings is 1. The molecule has 5 nitrogen and oxygen atoms in total. The molecule has 0 aliphatic heterocycles. The average molecular weight is 366 g/mol. The third-order valence-corrected chi connectivity index (χ3v) is 4.63. The minimum absolute atomic E-state index is 0.262. The first-order valence-electron chi connectivity index (χ1n) is 9.39. The second-order valence-corrected chi connectivity index (χ2v) is 7.76. The van der Waals surface area contributed by atoms with E-state index in [0.29, 0.717) is 18.0 Å². The van der Waals surface area contributed by atoms with Crippen molar-refractivity contribution in [2.24, 2.45) is 4.99 Å². The SMILES string of the molecule is C=Nc1cc(CC)ccc1/C=C(\C)c1nn(C(C)(C)C)c(N)c1C(=N)CC. The predicted octanol–water partition coefficient (Wildman–Crippen LogP) is 5.45. The molecule has 1 aromatic carbocycles. The first-order valence-corrected chi connectivity index (χ1v) is 9.39. The number of nitrogens with zero attached hydrogens (tertiary/aromatic N) is 3. The lowest BCUT2D eigenvalue weighted by atomic mass is 10.00. The van der Waals surface area contributed by atoms with Crippen LogP contribution in [0.1, 0.15) is 70.3 Å². The molecule has 3 N–H and O–H groups in total. The van der Waals surface area contributed by atoms with Gasteiger partial charge in [0.15, 0.2) is 0 Å². The number of nitrogen functional groups attached to an aromatic ring is 1. The molecule has 1 aromatic heterocycles. The van der Waals surface area contributed by atoms with Gasteiger partial charge in [-0.3, -0.25) is 4.99 Å². The number of anilines is 1. The quantitative estimate of drug-likeness (QED) is 0.667. The molecule has 0 amide bonds. The van der Waals surface area contributed by atoms with Crippen LogP contribution in [0.25, 0.3) is 11.6 Å². The van der Waals surface area contributed by atoms with Gasteiger partial charge in [0.05, 0.1) is 22.5 Å². The summed E-state index contributed by atoms with van der Waals surface area (Å²) in [7, 11) is 0. The number of aryl methyl sites for hydroxylation is 1. The van der Waals surface area contributed by atoms with Crippen molar-refractivity contribution < 1.29 is 0 Å². The van der Waals surface area contributed by atoms with Gasteiger partial charge in [-0.05, 0) is 70.5 Å². The van der Waals surface area contributed by atoms with Gasteiger partial charge in [0, 0.05) is 11.3 Å². The fourth-order valence-corrected chi connectivity index (χ4v) is 3.06. The van der Waals surface area contributed by atoms with Crippen LogP contribution in [0.15, 0.2) is 23.2 Å². The Morgan fingerprint density at radius 1 is 1.33 bits per heavy atom. The molecular formula is C22H31N5. The summed E-state index contributed by atoms with van der Waals surface area (Å²) in [5, 5.41) is 13.2. The average Bonchev–Trinajstić information content (AvgIpc) is 2.99. The molecule has 0 bridgehead atoms.